The van der Waals surface area contributed by atoms with Crippen molar-refractivity contribution in [2.45, 2.75) is 13.0 Å². The number of nitrogens with two attached hydrogens (primary N) is 1. The monoisotopic (exact) mass is 612 g/mol. The van der Waals surface area contributed by atoms with Gasteiger partial charge in [-0.1, -0.05) is 35.3 Å². The van der Waals surface area contributed by atoms with Crippen LogP contribution in [-0.4, -0.2) is 69.7 Å². The topological polar surface area (TPSA) is 124 Å². The Kier molecular flexibility index (Phi) is 9.59. The van der Waals surface area contributed by atoms with Crippen molar-refractivity contribution in [1.29, 1.82) is 0 Å². The van der Waals surface area contributed by atoms with Crippen LogP contribution in [0.5, 0.6) is 11.5 Å². The predicted octanol–water partition coefficient (Wildman–Crippen LogP) is 5.22. The van der Waals surface area contributed by atoms with Gasteiger partial charge in [0.05, 0.1) is 35.2 Å². The molecule has 42 heavy (non-hydrogen) atoms. The van der Waals surface area contributed by atoms with Crippen LogP contribution in [-0.2, 0) is 11.3 Å². The standard InChI is InChI=1S/C28H27Cl2FN8O3/c29-22-4-1-3-19(26(22)30)17-35-39(28(32)40)20-5-6-25(23(31)15-20)42-21-7-8-33-24(16-21)27-36-34-18-38(27)10-2-9-37-11-13-41-14-12-37/h1,3-8,15-18H,2,9-14H2,(H2,32,40)/b35-17+. The summed E-state index contributed by atoms with van der Waals surface area (Å²) < 4.78 is 28.3. The van der Waals surface area contributed by atoms with Crippen LogP contribution in [0.4, 0.5) is 14.9 Å². The fourth-order valence-corrected chi connectivity index (χ4v) is 4.68. The average Bonchev–Trinajstić information content (AvgIpc) is 3.46. The van der Waals surface area contributed by atoms with Crippen LogP contribution in [0.15, 0.2) is 66.2 Å². The first kappa shape index (κ1) is 29.4. The van der Waals surface area contributed by atoms with Gasteiger partial charge in [-0.25, -0.2) is 9.18 Å². The van der Waals surface area contributed by atoms with Crippen LogP contribution in [0.25, 0.3) is 11.5 Å². The highest BCUT2D eigenvalue weighted by Crippen LogP contribution is 2.30. The molecule has 3 heterocycles. The van der Waals surface area contributed by atoms with Crippen molar-refractivity contribution < 1.29 is 18.7 Å². The van der Waals surface area contributed by atoms with E-state index in [2.05, 4.69) is 25.2 Å². The van der Waals surface area contributed by atoms with Crippen molar-refractivity contribution in [3.05, 3.63) is 82.5 Å². The van der Waals surface area contributed by atoms with Crippen molar-refractivity contribution >= 4 is 41.1 Å². The third kappa shape index (κ3) is 7.21. The molecule has 4 aromatic rings. The summed E-state index contributed by atoms with van der Waals surface area (Å²) in [6, 6.07) is 11.2. The minimum atomic E-state index is -0.926. The Morgan fingerprint density at radius 3 is 2.79 bits per heavy atom. The number of benzene rings is 2. The second kappa shape index (κ2) is 13.7. The number of aromatic nitrogens is 4. The van der Waals surface area contributed by atoms with E-state index in [4.69, 9.17) is 38.4 Å². The Balaban J connectivity index is 1.27. The molecular formula is C28H27Cl2FN8O3. The first-order valence-electron chi connectivity index (χ1n) is 13.1. The van der Waals surface area contributed by atoms with Crippen LogP contribution < -0.4 is 15.5 Å². The van der Waals surface area contributed by atoms with Gasteiger partial charge < -0.3 is 19.8 Å². The Bertz CT molecular complexity index is 1580. The molecule has 2 N–H and O–H groups in total. The largest absolute Gasteiger partial charge is 0.454 e. The van der Waals surface area contributed by atoms with Crippen molar-refractivity contribution in [3.63, 3.8) is 0 Å². The highest BCUT2D eigenvalue weighted by Gasteiger charge is 2.17. The van der Waals surface area contributed by atoms with Gasteiger partial charge in [-0.05, 0) is 30.7 Å². The zero-order valence-electron chi connectivity index (χ0n) is 22.4. The first-order chi connectivity index (χ1) is 20.4. The summed E-state index contributed by atoms with van der Waals surface area (Å²) in [5.74, 6) is 0.108. The Morgan fingerprint density at radius 1 is 1.17 bits per heavy atom. The molecule has 2 amide bonds. The molecule has 2 aromatic heterocycles. The normalized spacial score (nSPS) is 13.9. The zero-order valence-corrected chi connectivity index (χ0v) is 23.9. The summed E-state index contributed by atoms with van der Waals surface area (Å²) in [7, 11) is 0. The van der Waals surface area contributed by atoms with Gasteiger partial charge in [0.1, 0.15) is 17.8 Å². The number of carbonyl (C=O) groups excluding carboxylic acids is 1. The number of hydrogen-bond donors (Lipinski definition) is 1. The number of aryl methyl sites for hydroxylation is 1. The van der Waals surface area contributed by atoms with E-state index >= 15 is 4.39 Å². The van der Waals surface area contributed by atoms with Crippen molar-refractivity contribution in [2.24, 2.45) is 10.8 Å². The molecule has 14 heteroatoms. The summed E-state index contributed by atoms with van der Waals surface area (Å²) >= 11 is 12.2. The number of amides is 2. The Morgan fingerprint density at radius 2 is 2.00 bits per heavy atom. The van der Waals surface area contributed by atoms with E-state index in [9.17, 15) is 4.79 Å². The molecule has 0 bridgehead atoms. The van der Waals surface area contributed by atoms with E-state index in [0.29, 0.717) is 34.4 Å². The Labute approximate surface area is 251 Å². The number of hydrogen-bond acceptors (Lipinski definition) is 8. The molecule has 0 radical (unpaired) electrons. The van der Waals surface area contributed by atoms with Crippen LogP contribution in [0.2, 0.25) is 10.0 Å². The lowest BCUT2D eigenvalue weighted by Crippen LogP contribution is -2.37. The van der Waals surface area contributed by atoms with Gasteiger partial charge in [-0.2, -0.15) is 10.1 Å². The van der Waals surface area contributed by atoms with Gasteiger partial charge in [-0.15, -0.1) is 10.2 Å². The molecule has 0 saturated carbocycles. The van der Waals surface area contributed by atoms with Crippen LogP contribution >= 0.6 is 23.2 Å². The minimum Gasteiger partial charge on any atom is -0.454 e. The van der Waals surface area contributed by atoms with E-state index in [1.807, 2.05) is 4.57 Å². The summed E-state index contributed by atoms with van der Waals surface area (Å²) in [6.07, 6.45) is 5.43. The van der Waals surface area contributed by atoms with Gasteiger partial charge in [-0.3, -0.25) is 9.88 Å². The van der Waals surface area contributed by atoms with Crippen molar-refractivity contribution in [3.8, 4) is 23.0 Å². The lowest BCUT2D eigenvalue weighted by molar-refractivity contribution is 0.0369. The summed E-state index contributed by atoms with van der Waals surface area (Å²) in [4.78, 5) is 18.8. The number of halogens is 3. The maximum atomic E-state index is 15.1. The highest BCUT2D eigenvalue weighted by atomic mass is 35.5. The lowest BCUT2D eigenvalue weighted by Gasteiger charge is -2.26. The fraction of sp³-hybridized carbons (Fsp3) is 0.250. The molecule has 1 fully saturated rings. The molecule has 1 saturated heterocycles. The van der Waals surface area contributed by atoms with Crippen LogP contribution in [0, 0.1) is 5.82 Å². The number of pyridine rings is 1. The number of nitrogens with zero attached hydrogens (tertiary/aromatic N) is 7. The van der Waals surface area contributed by atoms with E-state index in [-0.39, 0.29) is 16.5 Å². The molecule has 0 aliphatic carbocycles. The number of primary amides is 1. The predicted molar refractivity (Wildman–Crippen MR) is 158 cm³/mol. The second-order valence-corrected chi connectivity index (χ2v) is 10.1. The Hall–Kier alpha value is -4.10. The molecule has 1 aliphatic heterocycles. The van der Waals surface area contributed by atoms with E-state index < -0.39 is 11.8 Å². The lowest BCUT2D eigenvalue weighted by atomic mass is 10.2. The molecule has 0 spiro atoms. The molecule has 5 rings (SSSR count). The molecule has 0 unspecified atom stereocenters. The summed E-state index contributed by atoms with van der Waals surface area (Å²) in [5, 5.41) is 13.7. The van der Waals surface area contributed by atoms with Gasteiger partial charge in [0.25, 0.3) is 0 Å². The average molecular weight is 613 g/mol. The number of morpholine rings is 1. The zero-order chi connectivity index (χ0) is 29.5. The van der Waals surface area contributed by atoms with Crippen LogP contribution in [0.1, 0.15) is 12.0 Å². The summed E-state index contributed by atoms with van der Waals surface area (Å²) in [5.41, 5.74) is 6.56. The maximum absolute atomic E-state index is 15.1. The molecule has 1 aliphatic rings. The number of ether oxygens (including phenoxy) is 2. The first-order valence-corrected chi connectivity index (χ1v) is 13.8. The van der Waals surface area contributed by atoms with E-state index in [1.54, 1.807) is 42.9 Å². The molecule has 0 atom stereocenters. The smallest absolute Gasteiger partial charge is 0.340 e. The maximum Gasteiger partial charge on any atom is 0.340 e. The highest BCUT2D eigenvalue weighted by molar-refractivity contribution is 6.43. The molecular weight excluding hydrogens is 586 g/mol. The fourth-order valence-electron chi connectivity index (χ4n) is 4.33. The molecule has 11 nitrogen and oxygen atoms in total. The third-order valence-electron chi connectivity index (χ3n) is 6.44. The number of anilines is 1. The summed E-state index contributed by atoms with van der Waals surface area (Å²) in [6.45, 7) is 5.03. The third-order valence-corrected chi connectivity index (χ3v) is 7.28. The van der Waals surface area contributed by atoms with Gasteiger partial charge in [0.2, 0.25) is 0 Å². The second-order valence-electron chi connectivity index (χ2n) is 9.29. The minimum absolute atomic E-state index is 0.0748. The van der Waals surface area contributed by atoms with Crippen LogP contribution in [0.3, 0.4) is 0 Å². The van der Waals surface area contributed by atoms with Crippen molar-refractivity contribution in [1.82, 2.24) is 24.6 Å². The molecule has 218 valence electrons. The number of carbonyl (C=O) groups is 1. The number of hydrazone groups is 1. The molecule has 2 aromatic carbocycles. The van der Waals surface area contributed by atoms with Gasteiger partial charge >= 0.3 is 6.03 Å². The van der Waals surface area contributed by atoms with Crippen molar-refractivity contribution in [2.75, 3.05) is 37.9 Å². The van der Waals surface area contributed by atoms with Gasteiger partial charge in [0.15, 0.2) is 17.4 Å². The SMILES string of the molecule is NC(=O)N(/N=C/c1cccc(Cl)c1Cl)c1ccc(Oc2ccnc(-c3nncn3CCCN3CCOCC3)c2)c(F)c1. The quantitative estimate of drug-likeness (QED) is 0.192. The van der Waals surface area contributed by atoms with Gasteiger partial charge in [0, 0.05) is 50.1 Å². The number of urea groups is 1. The van der Waals surface area contributed by atoms with E-state index in [1.165, 1.54) is 18.3 Å². The number of rotatable bonds is 10. The van der Waals surface area contributed by atoms with E-state index in [0.717, 1.165) is 50.3 Å².